The summed E-state index contributed by atoms with van der Waals surface area (Å²) in [6.07, 6.45) is 11.0. The van der Waals surface area contributed by atoms with Crippen molar-refractivity contribution >= 4 is 56.5 Å². The summed E-state index contributed by atoms with van der Waals surface area (Å²) in [4.78, 5) is 61.6. The fourth-order valence-electron chi connectivity index (χ4n) is 12.3. The van der Waals surface area contributed by atoms with Gasteiger partial charge in [0.05, 0.1) is 25.0 Å². The Balaban J connectivity index is 1.22. The van der Waals surface area contributed by atoms with Crippen LogP contribution in [0.4, 0.5) is 5.82 Å². The molecule has 2 saturated carbocycles. The summed E-state index contributed by atoms with van der Waals surface area (Å²) in [5.74, 6) is -1.22. The topological polar surface area (TPSA) is 215 Å². The zero-order valence-corrected chi connectivity index (χ0v) is 38.2. The van der Waals surface area contributed by atoms with Crippen LogP contribution >= 0.6 is 21.6 Å². The van der Waals surface area contributed by atoms with Gasteiger partial charge >= 0.3 is 11.6 Å². The number of nitrogen functional groups attached to an aromatic ring is 1. The van der Waals surface area contributed by atoms with Gasteiger partial charge in [0, 0.05) is 102 Å². The van der Waals surface area contributed by atoms with Gasteiger partial charge in [0.25, 0.3) is 0 Å². The van der Waals surface area contributed by atoms with E-state index >= 15 is 0 Å². The Hall–Kier alpha value is -4.19. The number of amides is 1. The Bertz CT molecular complexity index is 2470. The number of rotatable bonds is 10. The number of carbonyl (C=O) groups is 3. The number of hydrogen-bond acceptors (Lipinski definition) is 15. The Morgan fingerprint density at radius 3 is 2.62 bits per heavy atom. The molecule has 1 amide bonds. The number of aldehydes is 1. The first-order valence-electron chi connectivity index (χ1n) is 22.5. The quantitative estimate of drug-likeness (QED) is 0.0472. The van der Waals surface area contributed by atoms with E-state index in [1.54, 1.807) is 59.8 Å². The van der Waals surface area contributed by atoms with Gasteiger partial charge in [-0.05, 0) is 81.5 Å². The van der Waals surface area contributed by atoms with E-state index in [9.17, 15) is 34.5 Å². The first-order valence-corrected chi connectivity index (χ1v) is 24.9. The molecule has 9 rings (SSSR count). The largest absolute Gasteiger partial charge is 0.481 e. The molecule has 1 aromatic carbocycles. The number of ether oxygens (including phenoxy) is 2. The number of fused-ring (bicyclic) bond motifs is 6. The van der Waals surface area contributed by atoms with Gasteiger partial charge in [0.15, 0.2) is 11.2 Å². The van der Waals surface area contributed by atoms with Gasteiger partial charge in [0.1, 0.15) is 23.4 Å². The van der Waals surface area contributed by atoms with Crippen molar-refractivity contribution in [3.8, 4) is 5.75 Å². The fourth-order valence-corrected chi connectivity index (χ4v) is 15.5. The molecule has 3 aliphatic carbocycles. The SMILES string of the molecule is CC=C(CCO)C(=O)OC1(C)C(CO)C=C2CSSC3CC(C=O)C(NC)C4CN(C(=O)Cc5cnc(N)cc5C2C12Cc1cc5cc(C6(CCO)CCCC6)c(=O)oc5cc1O2)C34. The normalized spacial score (nSPS) is 31.9. The number of benzene rings is 1. The van der Waals surface area contributed by atoms with Crippen LogP contribution in [-0.4, -0.2) is 111 Å². The van der Waals surface area contributed by atoms with Crippen molar-refractivity contribution in [2.24, 2.45) is 17.8 Å². The molecule has 3 aromatic rings. The lowest BCUT2D eigenvalue weighted by molar-refractivity contribution is -0.199. The van der Waals surface area contributed by atoms with Crippen LogP contribution in [-0.2, 0) is 37.4 Å². The predicted octanol–water partition coefficient (Wildman–Crippen LogP) is 4.54. The summed E-state index contributed by atoms with van der Waals surface area (Å²) >= 11 is 0. The summed E-state index contributed by atoms with van der Waals surface area (Å²) in [6, 6.07) is 7.25. The molecule has 6 N–H and O–H groups in total. The zero-order valence-electron chi connectivity index (χ0n) is 36.5. The Morgan fingerprint density at radius 1 is 1.12 bits per heavy atom. The van der Waals surface area contributed by atoms with Gasteiger partial charge in [0.2, 0.25) is 5.91 Å². The monoisotopic (exact) mass is 914 g/mol. The van der Waals surface area contributed by atoms with Crippen molar-refractivity contribution in [2.45, 2.75) is 112 Å². The summed E-state index contributed by atoms with van der Waals surface area (Å²) < 4.78 is 20.2. The minimum absolute atomic E-state index is 0.0110. The third-order valence-electron chi connectivity index (χ3n) is 15.6. The third-order valence-corrected chi connectivity index (χ3v) is 18.4. The van der Waals surface area contributed by atoms with Crippen molar-refractivity contribution < 1.29 is 43.6 Å². The number of pyridine rings is 1. The average molecular weight is 915 g/mol. The second kappa shape index (κ2) is 17.6. The second-order valence-corrected chi connectivity index (χ2v) is 21.4. The number of allylic oxidation sites excluding steroid dienone is 1. The van der Waals surface area contributed by atoms with Crippen LogP contribution in [0.15, 0.2) is 63.0 Å². The minimum Gasteiger partial charge on any atom is -0.481 e. The second-order valence-electron chi connectivity index (χ2n) is 18.8. The summed E-state index contributed by atoms with van der Waals surface area (Å²) in [6.45, 7) is 3.28. The molecule has 9 unspecified atom stereocenters. The molecule has 9 atom stereocenters. The van der Waals surface area contributed by atoms with E-state index in [2.05, 4.69) is 10.3 Å². The van der Waals surface area contributed by atoms with Crippen LogP contribution in [0.3, 0.4) is 0 Å². The number of nitrogens with one attached hydrogen (secondary N) is 1. The van der Waals surface area contributed by atoms with Crippen molar-refractivity contribution in [3.05, 3.63) is 86.4 Å². The van der Waals surface area contributed by atoms with Crippen molar-refractivity contribution in [1.29, 1.82) is 0 Å². The number of carbonyl (C=O) groups excluding carboxylic acids is 3. The Labute approximate surface area is 380 Å². The number of hydrogen-bond donors (Lipinski definition) is 5. The van der Waals surface area contributed by atoms with Crippen LogP contribution in [0.1, 0.15) is 87.0 Å². The van der Waals surface area contributed by atoms with E-state index in [1.165, 1.54) is 0 Å². The molecule has 64 heavy (non-hydrogen) atoms. The number of aliphatic hydroxyl groups excluding tert-OH is 3. The number of aliphatic hydroxyl groups is 3. The molecule has 0 radical (unpaired) electrons. The third kappa shape index (κ3) is 7.21. The summed E-state index contributed by atoms with van der Waals surface area (Å²) in [7, 11) is 5.18. The summed E-state index contributed by atoms with van der Waals surface area (Å²) in [5.41, 5.74) is 6.63. The lowest BCUT2D eigenvalue weighted by Gasteiger charge is -2.58. The summed E-state index contributed by atoms with van der Waals surface area (Å²) in [5, 5.41) is 35.5. The van der Waals surface area contributed by atoms with E-state index in [0.29, 0.717) is 58.5 Å². The lowest BCUT2D eigenvalue weighted by atomic mass is 9.58. The minimum atomic E-state index is -1.59. The zero-order chi connectivity index (χ0) is 45.1. The highest BCUT2D eigenvalue weighted by Crippen LogP contribution is 2.60. The lowest BCUT2D eigenvalue weighted by Crippen LogP contribution is -2.72. The molecule has 342 valence electrons. The van der Waals surface area contributed by atoms with Crippen molar-refractivity contribution in [1.82, 2.24) is 15.2 Å². The molecule has 6 aliphatic rings. The Kier molecular flexibility index (Phi) is 12.3. The van der Waals surface area contributed by atoms with Gasteiger partial charge in [-0.3, -0.25) is 4.79 Å². The molecule has 1 spiro atoms. The molecule has 16 heteroatoms. The van der Waals surface area contributed by atoms with Crippen LogP contribution < -0.4 is 21.4 Å². The molecule has 14 nitrogen and oxygen atoms in total. The van der Waals surface area contributed by atoms with Crippen LogP contribution in [0.5, 0.6) is 5.75 Å². The first-order chi connectivity index (χ1) is 30.9. The maximum absolute atomic E-state index is 14.6. The molecule has 0 bridgehead atoms. The van der Waals surface area contributed by atoms with Gasteiger partial charge < -0.3 is 50.0 Å². The van der Waals surface area contributed by atoms with Crippen LogP contribution in [0.25, 0.3) is 11.0 Å². The van der Waals surface area contributed by atoms with E-state index in [4.69, 9.17) is 19.6 Å². The van der Waals surface area contributed by atoms with E-state index in [1.807, 2.05) is 30.2 Å². The number of nitrogens with zero attached hydrogens (tertiary/aromatic N) is 2. The number of esters is 1. The highest BCUT2D eigenvalue weighted by Gasteiger charge is 2.67. The molecular formula is C48H58N4O10S2. The number of nitrogens with two attached hydrogens (primary N) is 1. The van der Waals surface area contributed by atoms with Gasteiger partial charge in [-0.1, -0.05) is 52.2 Å². The average Bonchev–Trinajstić information content (AvgIpc) is 3.89. The predicted molar refractivity (Wildman–Crippen MR) is 245 cm³/mol. The standard InChI is InChI=1S/C48H58N4O10S2/c1-4-26(7-11-53)44(58)62-46(2)32(24-56)14-31-25-63-64-38-16-30(23-55)42(50-3)34-22-52(43(34)38)40(57)17-29-21-51-39(49)18-33(29)41(31)48(46)20-28-13-27-15-35(47(10-12-54)8-5-6-9-47)45(59)60-36(27)19-37(28)61-48/h4,13-15,18-19,21,23,30,32,34,38,41-43,50,53-54,56H,5-12,16-17,20,22,24-25H2,1-3H3,(H2,49,51). The molecule has 2 aromatic heterocycles. The smallest absolute Gasteiger partial charge is 0.340 e. The molecule has 1 saturated heterocycles. The maximum Gasteiger partial charge on any atom is 0.340 e. The molecule has 3 aliphatic heterocycles. The molecule has 3 fully saturated rings. The highest BCUT2D eigenvalue weighted by molar-refractivity contribution is 8.77. The van der Waals surface area contributed by atoms with Gasteiger partial charge in [-0.2, -0.15) is 0 Å². The van der Waals surface area contributed by atoms with Crippen LogP contribution in [0, 0.1) is 17.8 Å². The molecular weight excluding hydrogens is 857 g/mol. The van der Waals surface area contributed by atoms with E-state index in [0.717, 1.165) is 43.1 Å². The number of anilines is 1. The van der Waals surface area contributed by atoms with Gasteiger partial charge in [-0.25, -0.2) is 14.6 Å². The van der Waals surface area contributed by atoms with E-state index in [-0.39, 0.29) is 78.9 Å². The fraction of sp³-hybridized carbons (Fsp3) is 0.562. The molecule has 5 heterocycles. The van der Waals surface area contributed by atoms with Gasteiger partial charge in [-0.15, -0.1) is 0 Å². The number of aromatic nitrogens is 1. The van der Waals surface area contributed by atoms with Crippen LogP contribution in [0.2, 0.25) is 0 Å². The van der Waals surface area contributed by atoms with Crippen molar-refractivity contribution in [3.63, 3.8) is 0 Å². The Morgan fingerprint density at radius 2 is 1.92 bits per heavy atom. The van der Waals surface area contributed by atoms with Crippen molar-refractivity contribution in [2.75, 3.05) is 44.9 Å². The highest BCUT2D eigenvalue weighted by atomic mass is 33.1. The maximum atomic E-state index is 14.6. The van der Waals surface area contributed by atoms with E-state index < -0.39 is 46.7 Å². The first kappa shape index (κ1) is 45.0.